The van der Waals surface area contributed by atoms with Crippen LogP contribution >= 0.6 is 11.8 Å². The van der Waals surface area contributed by atoms with Gasteiger partial charge in [-0.3, -0.25) is 9.69 Å². The molecule has 0 aliphatic carbocycles. The van der Waals surface area contributed by atoms with E-state index in [1.165, 1.54) is 26.8 Å². The summed E-state index contributed by atoms with van der Waals surface area (Å²) < 4.78 is 1.44. The van der Waals surface area contributed by atoms with Crippen LogP contribution in [0, 0.1) is 0 Å². The predicted molar refractivity (Wildman–Crippen MR) is 60.7 cm³/mol. The number of thioether (sulfide) groups is 1. The van der Waals surface area contributed by atoms with E-state index < -0.39 is 5.97 Å². The van der Waals surface area contributed by atoms with E-state index in [4.69, 9.17) is 5.11 Å². The fraction of sp³-hybridized carbons (Fsp3) is 0.222. The number of rotatable bonds is 2. The van der Waals surface area contributed by atoms with Gasteiger partial charge in [0.2, 0.25) is 0 Å². The minimum atomic E-state index is -1.10. The number of amides is 1. The van der Waals surface area contributed by atoms with Crippen LogP contribution in [0.4, 0.5) is 0 Å². The Morgan fingerprint density at radius 2 is 2.39 bits per heavy atom. The molecular weight excluding hydrogens is 258 g/mol. The molecule has 0 bridgehead atoms. The smallest absolute Gasteiger partial charge is 0.353 e. The summed E-state index contributed by atoms with van der Waals surface area (Å²) in [6.07, 6.45) is 1.58. The zero-order valence-electron chi connectivity index (χ0n) is 9.14. The Labute approximate surface area is 105 Å². The lowest BCUT2D eigenvalue weighted by atomic mass is 10.0. The number of hydrogen-bond donors (Lipinski definition) is 1. The molecule has 1 amide bonds. The highest BCUT2D eigenvalue weighted by molar-refractivity contribution is 8.03. The molecule has 0 aromatic carbocycles. The Balaban J connectivity index is 1.89. The van der Waals surface area contributed by atoms with E-state index >= 15 is 0 Å². The number of aryl methyl sites for hydroxylation is 1. The summed E-state index contributed by atoms with van der Waals surface area (Å²) in [5, 5.41) is 21.0. The van der Waals surface area contributed by atoms with Gasteiger partial charge >= 0.3 is 5.97 Å². The van der Waals surface area contributed by atoms with E-state index in [1.54, 1.807) is 13.1 Å². The second-order valence-corrected chi connectivity index (χ2v) is 4.69. The number of aliphatic carboxylic acids is 1. The maximum Gasteiger partial charge on any atom is 0.353 e. The molecule has 8 nitrogen and oxygen atoms in total. The molecule has 1 atom stereocenters. The zero-order valence-corrected chi connectivity index (χ0v) is 9.96. The van der Waals surface area contributed by atoms with Gasteiger partial charge in [-0.1, -0.05) is 0 Å². The number of tetrazole rings is 1. The standard InChI is InChI=1S/C9H7N5O3S/c1-13-6(10-11-12-13)2-4-7(15)14-5(9(16)17)3-18-8(4)14/h2-3,8H,1H3,(H,16,17)/b4-2-. The van der Waals surface area contributed by atoms with Crippen molar-refractivity contribution in [3.8, 4) is 0 Å². The highest BCUT2D eigenvalue weighted by atomic mass is 32.2. The molecule has 0 radical (unpaired) electrons. The van der Waals surface area contributed by atoms with Crippen molar-refractivity contribution in [2.45, 2.75) is 5.37 Å². The summed E-state index contributed by atoms with van der Waals surface area (Å²) in [6.45, 7) is 0. The van der Waals surface area contributed by atoms with Gasteiger partial charge in [-0.15, -0.1) is 16.9 Å². The summed E-state index contributed by atoms with van der Waals surface area (Å²) in [4.78, 5) is 24.0. The lowest BCUT2D eigenvalue weighted by Crippen LogP contribution is -2.51. The molecule has 3 rings (SSSR count). The number of fused-ring (bicyclic) bond motifs is 1. The van der Waals surface area contributed by atoms with Crippen molar-refractivity contribution in [3.05, 3.63) is 22.5 Å². The van der Waals surface area contributed by atoms with E-state index in [-0.39, 0.29) is 17.0 Å². The van der Waals surface area contributed by atoms with E-state index in [2.05, 4.69) is 15.5 Å². The van der Waals surface area contributed by atoms with Crippen molar-refractivity contribution in [3.63, 3.8) is 0 Å². The van der Waals surface area contributed by atoms with Crippen LogP contribution in [0.25, 0.3) is 6.08 Å². The maximum absolute atomic E-state index is 11.9. The third-order valence-corrected chi connectivity index (χ3v) is 3.77. The van der Waals surface area contributed by atoms with Gasteiger partial charge in [0, 0.05) is 12.5 Å². The molecular formula is C9H7N5O3S. The Kier molecular flexibility index (Phi) is 2.23. The summed E-state index contributed by atoms with van der Waals surface area (Å²) in [6, 6.07) is 0. The van der Waals surface area contributed by atoms with Gasteiger partial charge in [-0.25, -0.2) is 9.48 Å². The first kappa shape index (κ1) is 11.0. The number of carboxylic acid groups (broad SMARTS) is 1. The quantitative estimate of drug-likeness (QED) is 0.564. The van der Waals surface area contributed by atoms with Gasteiger partial charge in [0.05, 0.1) is 5.57 Å². The molecule has 1 fully saturated rings. The number of β-lactam (4-membered cyclic amide) rings is 1. The molecule has 2 aliphatic heterocycles. The SMILES string of the molecule is Cn1nnnc1/C=C1/C(=O)N2C(C(=O)O)=CSC12. The Hall–Kier alpha value is -2.16. The Morgan fingerprint density at radius 3 is 3.00 bits per heavy atom. The van der Waals surface area contributed by atoms with Crippen LogP contribution in [-0.2, 0) is 16.6 Å². The van der Waals surface area contributed by atoms with Gasteiger partial charge in [-0.2, -0.15) is 0 Å². The average molecular weight is 265 g/mol. The summed E-state index contributed by atoms with van der Waals surface area (Å²) in [7, 11) is 1.66. The number of carboxylic acids is 1. The van der Waals surface area contributed by atoms with Crippen LogP contribution in [0.2, 0.25) is 0 Å². The van der Waals surface area contributed by atoms with Crippen LogP contribution in [0.15, 0.2) is 16.7 Å². The summed E-state index contributed by atoms with van der Waals surface area (Å²) in [5.41, 5.74) is 0.522. The third-order valence-electron chi connectivity index (χ3n) is 2.69. The number of carbonyl (C=O) groups excluding carboxylic acids is 1. The zero-order chi connectivity index (χ0) is 12.9. The highest BCUT2D eigenvalue weighted by Gasteiger charge is 2.49. The molecule has 0 saturated carbocycles. The molecule has 18 heavy (non-hydrogen) atoms. The third kappa shape index (κ3) is 1.37. The van der Waals surface area contributed by atoms with Crippen molar-refractivity contribution < 1.29 is 14.7 Å². The molecule has 1 unspecified atom stereocenters. The van der Waals surface area contributed by atoms with Gasteiger partial charge in [0.1, 0.15) is 11.1 Å². The molecule has 1 aromatic rings. The van der Waals surface area contributed by atoms with Gasteiger partial charge in [-0.05, 0) is 16.5 Å². The number of aromatic nitrogens is 4. The van der Waals surface area contributed by atoms with Crippen molar-refractivity contribution in [1.82, 2.24) is 25.1 Å². The molecule has 3 heterocycles. The second-order valence-electron chi connectivity index (χ2n) is 3.73. The van der Waals surface area contributed by atoms with Crippen molar-refractivity contribution in [1.29, 1.82) is 0 Å². The van der Waals surface area contributed by atoms with Crippen LogP contribution in [0.1, 0.15) is 5.82 Å². The number of nitrogens with zero attached hydrogens (tertiary/aromatic N) is 5. The molecule has 1 N–H and O–H groups in total. The minimum absolute atomic E-state index is 0.0169. The summed E-state index contributed by atoms with van der Waals surface area (Å²) in [5.74, 6) is -0.957. The lowest BCUT2D eigenvalue weighted by molar-refractivity contribution is -0.141. The average Bonchev–Trinajstić information content (AvgIpc) is 2.90. The van der Waals surface area contributed by atoms with Crippen LogP contribution < -0.4 is 0 Å². The van der Waals surface area contributed by atoms with E-state index in [9.17, 15) is 9.59 Å². The predicted octanol–water partition coefficient (Wildman–Crippen LogP) is -0.565. The first-order valence-electron chi connectivity index (χ1n) is 4.96. The van der Waals surface area contributed by atoms with E-state index in [0.717, 1.165) is 0 Å². The van der Waals surface area contributed by atoms with Gasteiger partial charge < -0.3 is 5.11 Å². The maximum atomic E-state index is 11.9. The van der Waals surface area contributed by atoms with Crippen molar-refractivity contribution in [2.75, 3.05) is 0 Å². The Morgan fingerprint density at radius 1 is 1.61 bits per heavy atom. The van der Waals surface area contributed by atoms with Gasteiger partial charge in [0.25, 0.3) is 5.91 Å². The molecule has 2 aliphatic rings. The topological polar surface area (TPSA) is 101 Å². The highest BCUT2D eigenvalue weighted by Crippen LogP contribution is 2.44. The first-order valence-corrected chi connectivity index (χ1v) is 5.90. The molecule has 1 saturated heterocycles. The van der Waals surface area contributed by atoms with E-state index in [0.29, 0.717) is 11.4 Å². The normalized spacial score (nSPS) is 23.9. The first-order chi connectivity index (χ1) is 8.59. The lowest BCUT2D eigenvalue weighted by Gasteiger charge is -2.36. The second kappa shape index (κ2) is 3.67. The van der Waals surface area contributed by atoms with Gasteiger partial charge in [0.15, 0.2) is 5.82 Å². The minimum Gasteiger partial charge on any atom is -0.477 e. The number of carbonyl (C=O) groups is 2. The van der Waals surface area contributed by atoms with Crippen LogP contribution in [0.5, 0.6) is 0 Å². The fourth-order valence-electron chi connectivity index (χ4n) is 1.76. The number of hydrogen-bond acceptors (Lipinski definition) is 6. The molecule has 92 valence electrons. The van der Waals surface area contributed by atoms with Crippen molar-refractivity contribution >= 4 is 29.7 Å². The van der Waals surface area contributed by atoms with Crippen molar-refractivity contribution in [2.24, 2.45) is 7.05 Å². The van der Waals surface area contributed by atoms with Crippen LogP contribution in [-0.4, -0.2) is 47.5 Å². The molecule has 0 spiro atoms. The monoisotopic (exact) mass is 265 g/mol. The van der Waals surface area contributed by atoms with Crippen LogP contribution in [0.3, 0.4) is 0 Å². The fourth-order valence-corrected chi connectivity index (χ4v) is 2.88. The van der Waals surface area contributed by atoms with E-state index in [1.807, 2.05) is 0 Å². The molecule has 9 heteroatoms. The largest absolute Gasteiger partial charge is 0.477 e. The molecule has 1 aromatic heterocycles. The Bertz CT molecular complexity index is 619. The summed E-state index contributed by atoms with van der Waals surface area (Å²) >= 11 is 1.28.